The average Bonchev–Trinajstić information content (AvgIpc) is 3.10. The van der Waals surface area contributed by atoms with Gasteiger partial charge in [-0.25, -0.2) is 9.50 Å². The van der Waals surface area contributed by atoms with E-state index in [4.69, 9.17) is 0 Å². The number of nitrogens with zero attached hydrogens (tertiary/aromatic N) is 5. The first-order valence-corrected chi connectivity index (χ1v) is 9.04. The van der Waals surface area contributed by atoms with Gasteiger partial charge in [0.25, 0.3) is 5.78 Å². The predicted octanol–water partition coefficient (Wildman–Crippen LogP) is 1.68. The van der Waals surface area contributed by atoms with E-state index in [0.717, 1.165) is 49.3 Å². The van der Waals surface area contributed by atoms with Gasteiger partial charge in [-0.2, -0.15) is 10.1 Å². The Morgan fingerprint density at radius 2 is 2.04 bits per heavy atom. The van der Waals surface area contributed by atoms with Crippen molar-refractivity contribution in [1.82, 2.24) is 24.5 Å². The van der Waals surface area contributed by atoms with Gasteiger partial charge in [-0.3, -0.25) is 4.79 Å². The smallest absolute Gasteiger partial charge is 0.252 e. The van der Waals surface area contributed by atoms with Gasteiger partial charge in [-0.1, -0.05) is 6.92 Å². The van der Waals surface area contributed by atoms with E-state index >= 15 is 0 Å². The summed E-state index contributed by atoms with van der Waals surface area (Å²) in [6.45, 7) is 7.77. The van der Waals surface area contributed by atoms with Crippen LogP contribution in [0.5, 0.6) is 0 Å². The molecule has 1 aliphatic rings. The number of fused-ring (bicyclic) bond motifs is 1. The van der Waals surface area contributed by atoms with E-state index in [9.17, 15) is 9.90 Å². The zero-order valence-corrected chi connectivity index (χ0v) is 15.3. The molecule has 1 N–H and O–H groups in total. The Labute approximate surface area is 148 Å². The zero-order chi connectivity index (χ0) is 18.0. The molecule has 3 rings (SSSR count). The topological polar surface area (TPSA) is 83.6 Å². The van der Waals surface area contributed by atoms with E-state index in [1.807, 2.05) is 18.7 Å². The van der Waals surface area contributed by atoms with Crippen molar-refractivity contribution in [3.63, 3.8) is 0 Å². The minimum atomic E-state index is 0.00596. The Morgan fingerprint density at radius 3 is 2.68 bits per heavy atom. The molecule has 3 heterocycles. The fourth-order valence-corrected chi connectivity index (χ4v) is 3.76. The summed E-state index contributed by atoms with van der Waals surface area (Å²) in [5.74, 6) is 0.779. The van der Waals surface area contributed by atoms with Crippen molar-refractivity contribution in [2.45, 2.75) is 52.9 Å². The minimum absolute atomic E-state index is 0.00596. The van der Waals surface area contributed by atoms with Crippen LogP contribution in [-0.4, -0.2) is 55.2 Å². The first kappa shape index (κ1) is 17.8. The summed E-state index contributed by atoms with van der Waals surface area (Å²) < 4.78 is 1.73. The van der Waals surface area contributed by atoms with Crippen molar-refractivity contribution in [2.75, 3.05) is 19.7 Å². The largest absolute Gasteiger partial charge is 0.396 e. The first-order chi connectivity index (χ1) is 12.0. The van der Waals surface area contributed by atoms with Crippen LogP contribution in [0, 0.1) is 19.3 Å². The fourth-order valence-electron chi connectivity index (χ4n) is 3.76. The Kier molecular flexibility index (Phi) is 5.03. The van der Waals surface area contributed by atoms with Gasteiger partial charge in [-0.15, -0.1) is 0 Å². The van der Waals surface area contributed by atoms with E-state index in [2.05, 4.69) is 22.0 Å². The summed E-state index contributed by atoms with van der Waals surface area (Å²) >= 11 is 0. The number of aryl methyl sites for hydroxylation is 2. The van der Waals surface area contributed by atoms with Gasteiger partial charge < -0.3 is 10.0 Å². The first-order valence-electron chi connectivity index (χ1n) is 9.04. The highest BCUT2D eigenvalue weighted by molar-refractivity contribution is 5.76. The summed E-state index contributed by atoms with van der Waals surface area (Å²) in [6.07, 6.45) is 5.37. The van der Waals surface area contributed by atoms with E-state index < -0.39 is 0 Å². The highest BCUT2D eigenvalue weighted by Crippen LogP contribution is 2.34. The molecule has 1 saturated heterocycles. The molecule has 25 heavy (non-hydrogen) atoms. The maximum Gasteiger partial charge on any atom is 0.252 e. The van der Waals surface area contributed by atoms with Crippen molar-refractivity contribution in [2.24, 2.45) is 5.41 Å². The van der Waals surface area contributed by atoms with Crippen molar-refractivity contribution in [1.29, 1.82) is 0 Å². The molecule has 7 heteroatoms. The molecule has 2 aromatic heterocycles. The number of hydrogen-bond donors (Lipinski definition) is 1. The van der Waals surface area contributed by atoms with E-state index in [-0.39, 0.29) is 17.9 Å². The van der Waals surface area contributed by atoms with E-state index in [0.29, 0.717) is 18.6 Å². The second-order valence-electron chi connectivity index (χ2n) is 7.13. The molecule has 0 unspecified atom stereocenters. The van der Waals surface area contributed by atoms with Gasteiger partial charge in [-0.05, 0) is 50.5 Å². The van der Waals surface area contributed by atoms with Crippen molar-refractivity contribution < 1.29 is 9.90 Å². The third kappa shape index (κ3) is 3.38. The van der Waals surface area contributed by atoms with Crippen LogP contribution in [0.2, 0.25) is 0 Å². The van der Waals surface area contributed by atoms with Gasteiger partial charge in [0.15, 0.2) is 0 Å². The summed E-state index contributed by atoms with van der Waals surface area (Å²) in [5.41, 5.74) is 2.99. The lowest BCUT2D eigenvalue weighted by molar-refractivity contribution is -0.134. The number of piperidine rings is 1. The van der Waals surface area contributed by atoms with Crippen LogP contribution in [0.15, 0.2) is 6.33 Å². The maximum atomic E-state index is 12.6. The quantitative estimate of drug-likeness (QED) is 0.891. The molecule has 136 valence electrons. The second kappa shape index (κ2) is 7.07. The van der Waals surface area contributed by atoms with Gasteiger partial charge in [0.2, 0.25) is 5.91 Å². The average molecular weight is 345 g/mol. The predicted molar refractivity (Wildman–Crippen MR) is 94.2 cm³/mol. The van der Waals surface area contributed by atoms with Crippen LogP contribution >= 0.6 is 0 Å². The SMILES string of the molecule is CCC1(CO)CCN(C(=O)CCc2c(C)nc3ncnn3c2C)CC1. The molecule has 2 aromatic rings. The number of hydrogen-bond acceptors (Lipinski definition) is 5. The molecule has 0 aliphatic carbocycles. The third-order valence-corrected chi connectivity index (χ3v) is 5.84. The van der Waals surface area contributed by atoms with E-state index in [1.165, 1.54) is 6.33 Å². The third-order valence-electron chi connectivity index (χ3n) is 5.84. The summed E-state index contributed by atoms with van der Waals surface area (Å²) in [5, 5.41) is 13.8. The standard InChI is InChI=1S/C18H27N5O2/c1-4-18(11-24)7-9-22(10-8-18)16(25)6-5-15-13(2)21-17-19-12-20-23(17)14(15)3/h12,24H,4-11H2,1-3H3. The second-order valence-corrected chi connectivity index (χ2v) is 7.13. The van der Waals surface area contributed by atoms with Crippen molar-refractivity contribution >= 4 is 11.7 Å². The molecule has 1 aliphatic heterocycles. The normalized spacial score (nSPS) is 17.2. The summed E-state index contributed by atoms with van der Waals surface area (Å²) in [7, 11) is 0. The molecule has 0 aromatic carbocycles. The molecule has 7 nitrogen and oxygen atoms in total. The Bertz CT molecular complexity index is 756. The number of rotatable bonds is 5. The van der Waals surface area contributed by atoms with Gasteiger partial charge in [0.05, 0.1) is 0 Å². The van der Waals surface area contributed by atoms with Crippen molar-refractivity contribution in [3.8, 4) is 0 Å². The summed E-state index contributed by atoms with van der Waals surface area (Å²) in [6, 6.07) is 0. The minimum Gasteiger partial charge on any atom is -0.396 e. The van der Waals surface area contributed by atoms with Gasteiger partial charge in [0.1, 0.15) is 6.33 Å². The maximum absolute atomic E-state index is 12.6. The number of likely N-dealkylation sites (tertiary alicyclic amines) is 1. The fraction of sp³-hybridized carbons (Fsp3) is 0.667. The summed E-state index contributed by atoms with van der Waals surface area (Å²) in [4.78, 5) is 23.1. The van der Waals surface area contributed by atoms with Gasteiger partial charge in [0, 0.05) is 37.5 Å². The lowest BCUT2D eigenvalue weighted by Crippen LogP contribution is -2.44. The molecular formula is C18H27N5O2. The van der Waals surface area contributed by atoms with Crippen LogP contribution < -0.4 is 0 Å². The van der Waals surface area contributed by atoms with Crippen LogP contribution in [-0.2, 0) is 11.2 Å². The number of aromatic nitrogens is 4. The molecule has 0 saturated carbocycles. The molecule has 1 amide bonds. The van der Waals surface area contributed by atoms with E-state index in [1.54, 1.807) is 4.52 Å². The van der Waals surface area contributed by atoms with Gasteiger partial charge >= 0.3 is 0 Å². The van der Waals surface area contributed by atoms with Crippen LogP contribution in [0.4, 0.5) is 0 Å². The van der Waals surface area contributed by atoms with Crippen LogP contribution in [0.1, 0.15) is 49.6 Å². The molecule has 0 radical (unpaired) electrons. The van der Waals surface area contributed by atoms with Crippen molar-refractivity contribution in [3.05, 3.63) is 23.3 Å². The zero-order valence-electron chi connectivity index (χ0n) is 15.3. The molecular weight excluding hydrogens is 318 g/mol. The van der Waals surface area contributed by atoms with Crippen LogP contribution in [0.25, 0.3) is 5.78 Å². The molecule has 1 fully saturated rings. The number of carbonyl (C=O) groups is 1. The number of aliphatic hydroxyl groups is 1. The molecule has 0 spiro atoms. The number of aliphatic hydroxyl groups excluding tert-OH is 1. The highest BCUT2D eigenvalue weighted by atomic mass is 16.3. The number of carbonyl (C=O) groups excluding carboxylic acids is 1. The number of amides is 1. The molecule has 0 atom stereocenters. The van der Waals surface area contributed by atoms with Crippen LogP contribution in [0.3, 0.4) is 0 Å². The Balaban J connectivity index is 1.64. The Hall–Kier alpha value is -2.02. The molecule has 0 bridgehead atoms. The Morgan fingerprint density at radius 1 is 1.32 bits per heavy atom. The highest BCUT2D eigenvalue weighted by Gasteiger charge is 2.33. The lowest BCUT2D eigenvalue weighted by atomic mass is 9.77. The lowest BCUT2D eigenvalue weighted by Gasteiger charge is -2.40. The monoisotopic (exact) mass is 345 g/mol.